The normalized spacial score (nSPS) is 13.0. The summed E-state index contributed by atoms with van der Waals surface area (Å²) in [5.41, 5.74) is 2.71. The Bertz CT molecular complexity index is 806. The Balaban J connectivity index is 2.16. The maximum absolute atomic E-state index is 12.3. The molecule has 27 heavy (non-hydrogen) atoms. The summed E-state index contributed by atoms with van der Waals surface area (Å²) in [6.45, 7) is 1.76. The number of carbonyl (C=O) groups is 2. The number of aromatic hydroxyl groups is 1. The number of amides is 2. The fourth-order valence-electron chi connectivity index (χ4n) is 2.32. The maximum Gasteiger partial charge on any atom is 0.412 e. The van der Waals surface area contributed by atoms with Gasteiger partial charge >= 0.3 is 6.09 Å². The molecule has 2 aromatic rings. The molecule has 2 rings (SSSR count). The highest BCUT2D eigenvalue weighted by molar-refractivity contribution is 9.10. The van der Waals surface area contributed by atoms with Crippen molar-refractivity contribution in [1.29, 1.82) is 0 Å². The van der Waals surface area contributed by atoms with Crippen molar-refractivity contribution in [2.24, 2.45) is 5.92 Å². The number of benzene rings is 2. The summed E-state index contributed by atoms with van der Waals surface area (Å²) in [6, 6.07) is 13.2. The van der Waals surface area contributed by atoms with Crippen molar-refractivity contribution in [3.05, 3.63) is 70.7 Å². The number of hydrogen-bond acceptors (Lipinski definition) is 5. The second kappa shape index (κ2) is 9.75. The van der Waals surface area contributed by atoms with E-state index in [2.05, 4.69) is 21.2 Å². The number of carbonyl (C=O) groups excluding carboxylic acids is 2. The molecular weight excluding hydrogens is 416 g/mol. The number of phenols is 1. The second-order valence-corrected chi connectivity index (χ2v) is 6.66. The lowest BCUT2D eigenvalue weighted by atomic mass is 9.96. The fraction of sp³-hybridized carbons (Fsp3) is 0.158. The molecule has 0 bridgehead atoms. The molecule has 142 valence electrons. The van der Waals surface area contributed by atoms with Crippen LogP contribution in [0.2, 0.25) is 0 Å². The van der Waals surface area contributed by atoms with Gasteiger partial charge in [-0.2, -0.15) is 0 Å². The van der Waals surface area contributed by atoms with Gasteiger partial charge in [-0.1, -0.05) is 41.1 Å². The van der Waals surface area contributed by atoms with E-state index < -0.39 is 18.1 Å². The van der Waals surface area contributed by atoms with Crippen LogP contribution in [0.25, 0.3) is 0 Å². The predicted molar refractivity (Wildman–Crippen MR) is 103 cm³/mol. The Hall–Kier alpha value is -2.84. The van der Waals surface area contributed by atoms with Gasteiger partial charge in [0.1, 0.15) is 11.9 Å². The SMILES string of the molecule is C[C@@H](/C=C/C(=O)NO)[C@H](OC(=O)Nc1ccc(Br)cc1)c1ccc(O)cc1. The van der Waals surface area contributed by atoms with Crippen molar-refractivity contribution in [2.75, 3.05) is 5.32 Å². The molecule has 0 aromatic heterocycles. The zero-order valence-electron chi connectivity index (χ0n) is 14.4. The van der Waals surface area contributed by atoms with Gasteiger partial charge in [-0.15, -0.1) is 0 Å². The Labute approximate surface area is 164 Å². The predicted octanol–water partition coefficient (Wildman–Crippen LogP) is 4.14. The van der Waals surface area contributed by atoms with Gasteiger partial charge in [0.25, 0.3) is 5.91 Å². The molecule has 0 aliphatic heterocycles. The third kappa shape index (κ3) is 6.43. The van der Waals surface area contributed by atoms with E-state index in [1.165, 1.54) is 23.7 Å². The Morgan fingerprint density at radius 1 is 1.11 bits per heavy atom. The molecule has 2 atom stereocenters. The lowest BCUT2D eigenvalue weighted by molar-refractivity contribution is -0.124. The van der Waals surface area contributed by atoms with Gasteiger partial charge in [0.15, 0.2) is 0 Å². The summed E-state index contributed by atoms with van der Waals surface area (Å²) < 4.78 is 6.43. The van der Waals surface area contributed by atoms with E-state index in [4.69, 9.17) is 9.94 Å². The average Bonchev–Trinajstić information content (AvgIpc) is 2.66. The van der Waals surface area contributed by atoms with E-state index in [1.54, 1.807) is 43.3 Å². The van der Waals surface area contributed by atoms with Gasteiger partial charge in [0.05, 0.1) is 0 Å². The number of halogens is 1. The fourth-order valence-corrected chi connectivity index (χ4v) is 2.58. The molecule has 0 spiro atoms. The summed E-state index contributed by atoms with van der Waals surface area (Å²) in [4.78, 5) is 23.5. The third-order valence-electron chi connectivity index (χ3n) is 3.69. The number of anilines is 1. The van der Waals surface area contributed by atoms with E-state index in [-0.39, 0.29) is 11.7 Å². The first-order valence-electron chi connectivity index (χ1n) is 8.03. The van der Waals surface area contributed by atoms with Crippen molar-refractivity contribution in [2.45, 2.75) is 13.0 Å². The zero-order chi connectivity index (χ0) is 19.8. The molecule has 0 radical (unpaired) electrons. The molecule has 2 amide bonds. The van der Waals surface area contributed by atoms with Crippen molar-refractivity contribution >= 4 is 33.6 Å². The molecule has 4 N–H and O–H groups in total. The molecule has 8 heteroatoms. The summed E-state index contributed by atoms with van der Waals surface area (Å²) in [5, 5.41) is 20.7. The molecule has 0 saturated heterocycles. The van der Waals surface area contributed by atoms with E-state index in [0.29, 0.717) is 11.3 Å². The Morgan fingerprint density at radius 3 is 2.33 bits per heavy atom. The van der Waals surface area contributed by atoms with Crippen LogP contribution in [0, 0.1) is 5.92 Å². The van der Waals surface area contributed by atoms with Gasteiger partial charge < -0.3 is 9.84 Å². The van der Waals surface area contributed by atoms with Gasteiger partial charge in [-0.3, -0.25) is 15.3 Å². The minimum Gasteiger partial charge on any atom is -0.508 e. The first-order valence-corrected chi connectivity index (χ1v) is 8.82. The Morgan fingerprint density at radius 2 is 1.74 bits per heavy atom. The molecule has 0 heterocycles. The highest BCUT2D eigenvalue weighted by Gasteiger charge is 2.22. The maximum atomic E-state index is 12.3. The van der Waals surface area contributed by atoms with Crippen LogP contribution in [0.1, 0.15) is 18.6 Å². The van der Waals surface area contributed by atoms with Crippen LogP contribution in [-0.2, 0) is 9.53 Å². The van der Waals surface area contributed by atoms with Gasteiger partial charge in [0, 0.05) is 22.2 Å². The smallest absolute Gasteiger partial charge is 0.412 e. The van der Waals surface area contributed by atoms with Crippen LogP contribution in [0.4, 0.5) is 10.5 Å². The van der Waals surface area contributed by atoms with Gasteiger partial charge in [-0.25, -0.2) is 10.3 Å². The van der Waals surface area contributed by atoms with Crippen LogP contribution >= 0.6 is 15.9 Å². The molecular formula is C19H19BrN2O5. The van der Waals surface area contributed by atoms with E-state index in [0.717, 1.165) is 10.5 Å². The lowest BCUT2D eigenvalue weighted by Crippen LogP contribution is -2.22. The van der Waals surface area contributed by atoms with Crippen LogP contribution < -0.4 is 10.8 Å². The van der Waals surface area contributed by atoms with Crippen LogP contribution in [-0.4, -0.2) is 22.3 Å². The first kappa shape index (κ1) is 20.5. The van der Waals surface area contributed by atoms with Crippen LogP contribution in [0.15, 0.2) is 65.2 Å². The summed E-state index contributed by atoms with van der Waals surface area (Å²) in [5.74, 6) is -0.993. The molecule has 0 aliphatic rings. The minimum atomic E-state index is -0.719. The molecule has 0 saturated carbocycles. The lowest BCUT2D eigenvalue weighted by Gasteiger charge is -2.23. The number of nitrogens with one attached hydrogen (secondary N) is 2. The summed E-state index contributed by atoms with van der Waals surface area (Å²) in [6.07, 6.45) is 1.27. The Kier molecular flexibility index (Phi) is 7.39. The van der Waals surface area contributed by atoms with E-state index in [9.17, 15) is 14.7 Å². The molecule has 7 nitrogen and oxygen atoms in total. The van der Waals surface area contributed by atoms with E-state index >= 15 is 0 Å². The number of rotatable bonds is 6. The number of hydrogen-bond donors (Lipinski definition) is 4. The molecule has 0 aliphatic carbocycles. The topological polar surface area (TPSA) is 108 Å². The van der Waals surface area contributed by atoms with Crippen molar-refractivity contribution in [3.63, 3.8) is 0 Å². The molecule has 0 unspecified atom stereocenters. The summed E-state index contributed by atoms with van der Waals surface area (Å²) >= 11 is 3.32. The van der Waals surface area contributed by atoms with Crippen molar-refractivity contribution < 1.29 is 24.6 Å². The van der Waals surface area contributed by atoms with Gasteiger partial charge in [0.2, 0.25) is 0 Å². The van der Waals surface area contributed by atoms with Gasteiger partial charge in [-0.05, 0) is 42.0 Å². The minimum absolute atomic E-state index is 0.0830. The third-order valence-corrected chi connectivity index (χ3v) is 4.21. The standard InChI is InChI=1S/C19H19BrN2O5/c1-12(2-11-17(24)22-26)18(13-3-9-16(23)10-4-13)27-19(25)21-15-7-5-14(20)6-8-15/h2-12,18,23,26H,1H3,(H,21,25)(H,22,24)/b11-2+/t12-,18-/m0/s1. The molecule has 2 aromatic carbocycles. The van der Waals surface area contributed by atoms with Crippen molar-refractivity contribution in [3.8, 4) is 5.75 Å². The monoisotopic (exact) mass is 434 g/mol. The number of ether oxygens (including phenoxy) is 1. The summed E-state index contributed by atoms with van der Waals surface area (Å²) in [7, 11) is 0. The second-order valence-electron chi connectivity index (χ2n) is 5.74. The largest absolute Gasteiger partial charge is 0.508 e. The van der Waals surface area contributed by atoms with Crippen LogP contribution in [0.5, 0.6) is 5.75 Å². The van der Waals surface area contributed by atoms with Crippen molar-refractivity contribution in [1.82, 2.24) is 5.48 Å². The highest BCUT2D eigenvalue weighted by Crippen LogP contribution is 2.29. The first-order chi connectivity index (χ1) is 12.9. The molecule has 0 fully saturated rings. The zero-order valence-corrected chi connectivity index (χ0v) is 16.0. The van der Waals surface area contributed by atoms with E-state index in [1.807, 2.05) is 0 Å². The number of phenolic OH excluding ortho intramolecular Hbond substituents is 1. The quantitative estimate of drug-likeness (QED) is 0.310. The average molecular weight is 435 g/mol. The highest BCUT2D eigenvalue weighted by atomic mass is 79.9. The number of hydroxylamine groups is 1. The van der Waals surface area contributed by atoms with Crippen LogP contribution in [0.3, 0.4) is 0 Å².